The summed E-state index contributed by atoms with van der Waals surface area (Å²) in [5.41, 5.74) is 8.80. The van der Waals surface area contributed by atoms with Crippen LogP contribution in [0.5, 0.6) is 0 Å². The van der Waals surface area contributed by atoms with Gasteiger partial charge in [-0.25, -0.2) is 0 Å². The van der Waals surface area contributed by atoms with Crippen LogP contribution in [0.25, 0.3) is 33.2 Å². The van der Waals surface area contributed by atoms with Crippen molar-refractivity contribution in [2.45, 2.75) is 6.42 Å². The van der Waals surface area contributed by atoms with Gasteiger partial charge in [-0.15, -0.1) is 0 Å². The van der Waals surface area contributed by atoms with Crippen molar-refractivity contribution in [3.63, 3.8) is 0 Å². The number of benzene rings is 2. The highest BCUT2D eigenvalue weighted by atomic mass is 32.2. The molecular weight excluding hydrogens is 410 g/mol. The molecule has 3 heterocycles. The van der Waals surface area contributed by atoms with Crippen molar-refractivity contribution >= 4 is 61.9 Å². The van der Waals surface area contributed by atoms with Crippen LogP contribution in [0, 0.1) is 5.41 Å². The molecule has 154 valence electrons. The van der Waals surface area contributed by atoms with Gasteiger partial charge in [0.25, 0.3) is 11.8 Å². The lowest BCUT2D eigenvalue weighted by molar-refractivity contribution is -0.123. The summed E-state index contributed by atoms with van der Waals surface area (Å²) >= 11 is 1.28. The number of aromatic nitrogens is 2. The van der Waals surface area contributed by atoms with Gasteiger partial charge in [-0.05, 0) is 35.6 Å². The third-order valence-electron chi connectivity index (χ3n) is 5.39. The molecule has 31 heavy (non-hydrogen) atoms. The summed E-state index contributed by atoms with van der Waals surface area (Å²) < 4.78 is 3.57. The molecule has 0 atom stereocenters. The highest BCUT2D eigenvalue weighted by molar-refractivity contribution is 8.13. The van der Waals surface area contributed by atoms with Gasteiger partial charge < -0.3 is 14.9 Å². The van der Waals surface area contributed by atoms with Gasteiger partial charge in [0.1, 0.15) is 11.4 Å². The van der Waals surface area contributed by atoms with Crippen molar-refractivity contribution < 1.29 is 9.59 Å². The van der Waals surface area contributed by atoms with Crippen LogP contribution < -0.4 is 11.1 Å². The van der Waals surface area contributed by atoms with Crippen molar-refractivity contribution in [1.29, 1.82) is 5.41 Å². The van der Waals surface area contributed by atoms with Crippen LogP contribution in [-0.2, 0) is 16.0 Å². The van der Waals surface area contributed by atoms with Gasteiger partial charge in [0.15, 0.2) is 5.17 Å². The number of imide groups is 1. The van der Waals surface area contributed by atoms with E-state index in [0.717, 1.165) is 27.4 Å². The van der Waals surface area contributed by atoms with Gasteiger partial charge in [-0.3, -0.25) is 20.3 Å². The normalized spacial score (nSPS) is 14.1. The first-order chi connectivity index (χ1) is 15.0. The van der Waals surface area contributed by atoms with Crippen LogP contribution >= 0.6 is 11.8 Å². The molecule has 7 nitrogen and oxygen atoms in total. The van der Waals surface area contributed by atoms with Crippen LogP contribution in [0.4, 0.5) is 0 Å². The maximum atomic E-state index is 12.9. The average Bonchev–Trinajstić information content (AvgIpc) is 3.41. The number of hydrogen-bond donors (Lipinski definition) is 3. The number of rotatable bonds is 5. The third-order valence-corrected chi connectivity index (χ3v) is 6.11. The number of aryl methyl sites for hydroxylation is 1. The van der Waals surface area contributed by atoms with Crippen LogP contribution in [0.3, 0.4) is 0 Å². The summed E-state index contributed by atoms with van der Waals surface area (Å²) in [6, 6.07) is 17.5. The summed E-state index contributed by atoms with van der Waals surface area (Å²) in [5.74, 6) is -0.196. The van der Waals surface area contributed by atoms with E-state index in [1.807, 2.05) is 67.0 Å². The molecule has 0 bridgehead atoms. The first-order valence-electron chi connectivity index (χ1n) is 9.77. The topological polar surface area (TPSA) is 106 Å². The molecule has 0 unspecified atom stereocenters. The van der Waals surface area contributed by atoms with E-state index in [0.29, 0.717) is 23.6 Å². The Bertz CT molecular complexity index is 1410. The molecule has 0 aliphatic carbocycles. The molecular formula is C23H19N5O2S. The number of nitrogens with zero attached hydrogens (tertiary/aromatic N) is 2. The van der Waals surface area contributed by atoms with Crippen molar-refractivity contribution in [3.8, 4) is 0 Å². The molecule has 8 heteroatoms. The van der Waals surface area contributed by atoms with Crippen LogP contribution in [0.2, 0.25) is 0 Å². The molecule has 0 radical (unpaired) electrons. The van der Waals surface area contributed by atoms with E-state index in [9.17, 15) is 9.59 Å². The largest absolute Gasteiger partial charge is 0.379 e. The fraction of sp³-hybridized carbons (Fsp3) is 0.0870. The first-order valence-corrected chi connectivity index (χ1v) is 10.8. The lowest BCUT2D eigenvalue weighted by Crippen LogP contribution is -2.24. The molecule has 4 aromatic rings. The van der Waals surface area contributed by atoms with Crippen LogP contribution in [0.15, 0.2) is 67.0 Å². The Morgan fingerprint density at radius 3 is 2.39 bits per heavy atom. The van der Waals surface area contributed by atoms with Crippen LogP contribution in [-0.4, -0.2) is 31.9 Å². The molecule has 1 aliphatic rings. The smallest absolute Gasteiger partial charge is 0.277 e. The second-order valence-corrected chi connectivity index (χ2v) is 8.37. The summed E-state index contributed by atoms with van der Waals surface area (Å²) in [6.45, 7) is 0. The lowest BCUT2D eigenvalue weighted by atomic mass is 10.1. The molecule has 4 N–H and O–H groups in total. The molecule has 0 saturated heterocycles. The number of thioether (sulfide) groups is 1. The Kier molecular flexibility index (Phi) is 4.63. The monoisotopic (exact) mass is 429 g/mol. The van der Waals surface area contributed by atoms with E-state index in [2.05, 4.69) is 5.32 Å². The molecule has 2 aromatic carbocycles. The number of hydrogen-bond acceptors (Lipinski definition) is 4. The Balaban J connectivity index is 1.71. The second kappa shape index (κ2) is 7.48. The van der Waals surface area contributed by atoms with Gasteiger partial charge in [0.05, 0.1) is 11.0 Å². The Labute approximate surface area is 182 Å². The van der Waals surface area contributed by atoms with E-state index in [4.69, 9.17) is 11.1 Å². The van der Waals surface area contributed by atoms with Gasteiger partial charge in [0, 0.05) is 23.5 Å². The molecule has 0 saturated carbocycles. The van der Waals surface area contributed by atoms with Gasteiger partial charge >= 0.3 is 0 Å². The van der Waals surface area contributed by atoms with E-state index in [-0.39, 0.29) is 5.17 Å². The molecule has 2 amide bonds. The zero-order valence-corrected chi connectivity index (χ0v) is 17.3. The van der Waals surface area contributed by atoms with Crippen LogP contribution in [0.1, 0.15) is 5.56 Å². The van der Waals surface area contributed by atoms with Crippen molar-refractivity contribution in [2.24, 2.45) is 5.73 Å². The third kappa shape index (κ3) is 3.21. The number of fused-ring (bicyclic) bond motifs is 2. The summed E-state index contributed by atoms with van der Waals surface area (Å²) in [5, 5.41) is 11.9. The molecule has 5 rings (SSSR count). The maximum Gasteiger partial charge on any atom is 0.277 e. The van der Waals surface area contributed by atoms with Gasteiger partial charge in [0.2, 0.25) is 0 Å². The fourth-order valence-corrected chi connectivity index (χ4v) is 4.61. The predicted molar refractivity (Wildman–Crippen MR) is 125 cm³/mol. The van der Waals surface area contributed by atoms with Gasteiger partial charge in [-0.1, -0.05) is 48.2 Å². The molecule has 1 aliphatic heterocycles. The standard InChI is InChI=1S/C23H19N5O2S/c24-23(25)31-12-10-15-13-28(18-8-4-2-6-16(15)18)20-19(21(29)26-22(20)30)27-11-9-14-5-1-3-7-17(14)27/h1-9,11,13H,10,12H2,(H3,24,25)(H,26,29,30). The fourth-order valence-electron chi connectivity index (χ4n) is 4.07. The lowest BCUT2D eigenvalue weighted by Gasteiger charge is -2.09. The number of amidine groups is 1. The molecule has 0 fully saturated rings. The maximum absolute atomic E-state index is 12.9. The SMILES string of the molecule is N=C(N)SCCc1cn(C2=C(n3ccc4ccccc43)C(=O)NC2=O)c2ccccc12. The first kappa shape index (κ1) is 19.2. The minimum atomic E-state index is -0.428. The summed E-state index contributed by atoms with van der Waals surface area (Å²) in [4.78, 5) is 25.7. The average molecular weight is 430 g/mol. The van der Waals surface area contributed by atoms with Crippen molar-refractivity contribution in [3.05, 3.63) is 72.6 Å². The number of nitrogens with two attached hydrogens (primary N) is 1. The summed E-state index contributed by atoms with van der Waals surface area (Å²) in [7, 11) is 0. The van der Waals surface area contributed by atoms with Crippen molar-refractivity contribution in [2.75, 3.05) is 5.75 Å². The Morgan fingerprint density at radius 1 is 0.935 bits per heavy atom. The number of amides is 2. The zero-order valence-electron chi connectivity index (χ0n) is 16.5. The highest BCUT2D eigenvalue weighted by Gasteiger charge is 2.34. The molecule has 2 aromatic heterocycles. The quantitative estimate of drug-likeness (QED) is 0.257. The summed E-state index contributed by atoms with van der Waals surface area (Å²) in [6.07, 6.45) is 4.40. The second-order valence-electron chi connectivity index (χ2n) is 7.23. The van der Waals surface area contributed by atoms with E-state index >= 15 is 0 Å². The number of para-hydroxylation sites is 2. The number of carbonyl (C=O) groups excluding carboxylic acids is 2. The molecule has 0 spiro atoms. The minimum absolute atomic E-state index is 0.0778. The minimum Gasteiger partial charge on any atom is -0.379 e. The van der Waals surface area contributed by atoms with Crippen molar-refractivity contribution in [1.82, 2.24) is 14.5 Å². The van der Waals surface area contributed by atoms with Gasteiger partial charge in [-0.2, -0.15) is 0 Å². The highest BCUT2D eigenvalue weighted by Crippen LogP contribution is 2.32. The zero-order chi connectivity index (χ0) is 21.5. The Morgan fingerprint density at radius 2 is 1.61 bits per heavy atom. The number of carbonyl (C=O) groups is 2. The van der Waals surface area contributed by atoms with E-state index in [1.165, 1.54) is 11.8 Å². The van der Waals surface area contributed by atoms with E-state index < -0.39 is 11.8 Å². The number of nitrogens with one attached hydrogen (secondary N) is 2. The van der Waals surface area contributed by atoms with E-state index in [1.54, 1.807) is 9.13 Å². The Hall–Kier alpha value is -3.78. The predicted octanol–water partition coefficient (Wildman–Crippen LogP) is 3.25.